The van der Waals surface area contributed by atoms with Gasteiger partial charge in [0, 0.05) is 114 Å². The zero-order valence-electron chi connectivity index (χ0n) is 81.1. The van der Waals surface area contributed by atoms with E-state index >= 15 is 0 Å². The van der Waals surface area contributed by atoms with E-state index in [0.29, 0.717) is 173 Å². The zero-order valence-corrected chi connectivity index (χ0v) is 83.1. The number of morpholine rings is 2. The van der Waals surface area contributed by atoms with Crippen molar-refractivity contribution in [1.29, 1.82) is 0 Å². The van der Waals surface area contributed by atoms with Crippen LogP contribution in [-0.2, 0) is 48.7 Å². The molecule has 8 unspecified atom stereocenters. The van der Waals surface area contributed by atoms with Crippen molar-refractivity contribution in [2.75, 3.05) is 143 Å². The van der Waals surface area contributed by atoms with Crippen molar-refractivity contribution in [2.24, 2.45) is 5.73 Å². The Kier molecular flexibility index (Phi) is 36.8. The van der Waals surface area contributed by atoms with E-state index in [-0.39, 0.29) is 97.6 Å². The number of carbonyl (C=O) groups excluding carboxylic acids is 1. The number of hydrogen-bond acceptors (Lipinski definition) is 24. The lowest BCUT2D eigenvalue weighted by Gasteiger charge is -2.46. The highest BCUT2D eigenvalue weighted by atomic mass is 28.4. The molecule has 5 heterocycles. The number of rotatable bonds is 35. The van der Waals surface area contributed by atoms with E-state index in [0.717, 1.165) is 27.8 Å². The summed E-state index contributed by atoms with van der Waals surface area (Å²) >= 11 is 0. The topological polar surface area (TPSA) is 298 Å². The van der Waals surface area contributed by atoms with Gasteiger partial charge in [-0.25, -0.2) is 50.7 Å². The number of piperidine rings is 1. The number of amides is 1. The molecule has 131 heavy (non-hydrogen) atoms. The summed E-state index contributed by atoms with van der Waals surface area (Å²) in [5.41, 5.74) is 19.0. The van der Waals surface area contributed by atoms with Gasteiger partial charge in [0.15, 0.2) is 62.6 Å². The second kappa shape index (κ2) is 46.7. The van der Waals surface area contributed by atoms with Crippen LogP contribution in [0.3, 0.4) is 0 Å². The first-order chi connectivity index (χ1) is 62.7. The summed E-state index contributed by atoms with van der Waals surface area (Å²) in [6, 6.07) is 14.7. The van der Waals surface area contributed by atoms with E-state index < -0.39 is 71.3 Å². The number of phenolic OH excluding ortho intramolecular Hbond substituents is 4. The number of nitrogens with one attached hydrogen (secondary N) is 2. The fraction of sp³-hybridized carbons (Fsp3) is 0.590. The summed E-state index contributed by atoms with van der Waals surface area (Å²) < 4.78 is 78.6. The average Bonchev–Trinajstić information content (AvgIpc) is 0.923. The van der Waals surface area contributed by atoms with Crippen LogP contribution in [0.4, 0.5) is 4.79 Å². The summed E-state index contributed by atoms with van der Waals surface area (Å²) in [5, 5.41) is 53.1. The van der Waals surface area contributed by atoms with Gasteiger partial charge in [-0.1, -0.05) is 110 Å². The molecule has 0 bridgehead atoms. The molecule has 12 rings (SSSR count). The Balaban J connectivity index is 0.000000264. The molecule has 6 aromatic carbocycles. The third kappa shape index (κ3) is 22.2. The molecule has 1 amide bonds. The number of fused-ring (bicyclic) bond motifs is 5. The maximum atomic E-state index is 14.7. The lowest BCUT2D eigenvalue weighted by Crippen LogP contribution is -2.61. The van der Waals surface area contributed by atoms with Crippen LogP contribution in [0.2, 0.25) is 35.3 Å². The Hall–Kier alpha value is -9.82. The standard InChI is InChI=1S/C55H71N5O10Si.C40H61N5O8Si.C5H11N/c1-32(2)71(13,33(3)4)70-24-22-37-29-59(23-25-68-37)54(57-8)45-28-42-47(49(62)53(67-12)35(6)51(42)65-10)48(60(45)31-56-7)44(26-36-27-46(61)52(66-11)34(5)50(36)64-9)58-55(63)69-30-43-40-20-16-14-18-38(40)39-19-15-17-21-41(39)43;1-23(2)54(13,24(3)4)53-16-14-28-21-44(15-17-52-28)40(43-8)31-20-29-33(35(47)39(51-12)26(6)37(29)49-10)34(45(31)22-42-7)30(41)18-27-19-32(46)38(50-11)25(5)36(27)48-9;1-2-4-6-5-3-1/h14-21,27,32-33,37,43-45,48,54,61-62H,22-26,28-31H2,1-6,9-13H3,(H,58,63);19,23-24,28,30-31,34,40,46-47H,14-18,20-22,41H2,1-6,9-13H3;6H,1-5H2/t37-,44?,45?,48?,54?;28-,30?,31?,34?,40?;/m00./s1. The smallest absolute Gasteiger partial charge is 0.407 e. The number of nitrogens with two attached hydrogens (primary N) is 1. The maximum absolute atomic E-state index is 14.7. The molecule has 8 N–H and O–H groups in total. The molecule has 0 radical (unpaired) electrons. The van der Waals surface area contributed by atoms with Gasteiger partial charge >= 0.3 is 6.09 Å². The number of ether oxygens (including phenoxy) is 11. The molecule has 31 heteroatoms. The molecule has 3 saturated heterocycles. The number of hydrogen-bond donors (Lipinski definition) is 7. The van der Waals surface area contributed by atoms with Gasteiger partial charge in [-0.15, -0.1) is 0 Å². The first kappa shape index (κ1) is 103. The Morgan fingerprint density at radius 2 is 0.916 bits per heavy atom. The quantitative estimate of drug-likeness (QED) is 0.0144. The van der Waals surface area contributed by atoms with Crippen molar-refractivity contribution in [3.8, 4) is 80.1 Å². The Morgan fingerprint density at radius 1 is 0.534 bits per heavy atom. The molecule has 0 saturated carbocycles. The first-order valence-corrected chi connectivity index (χ1v) is 51.1. The predicted molar refractivity (Wildman–Crippen MR) is 513 cm³/mol. The van der Waals surface area contributed by atoms with Crippen molar-refractivity contribution in [2.45, 2.75) is 243 Å². The van der Waals surface area contributed by atoms with Crippen LogP contribution in [-0.4, -0.2) is 254 Å². The molecule has 0 spiro atoms. The summed E-state index contributed by atoms with van der Waals surface area (Å²) in [4.78, 5) is 39.2. The van der Waals surface area contributed by atoms with E-state index in [2.05, 4.69) is 133 Å². The van der Waals surface area contributed by atoms with E-state index in [9.17, 15) is 25.2 Å². The minimum Gasteiger partial charge on any atom is -0.504 e. The summed E-state index contributed by atoms with van der Waals surface area (Å²) in [5.74, 6) is 2.23. The number of methoxy groups -OCH3 is 8. The van der Waals surface area contributed by atoms with Gasteiger partial charge in [0.05, 0.1) is 100 Å². The van der Waals surface area contributed by atoms with E-state index in [1.165, 1.54) is 67.9 Å². The second-order valence-corrected chi connectivity index (χ2v) is 46.6. The highest BCUT2D eigenvalue weighted by Crippen LogP contribution is 2.56. The van der Waals surface area contributed by atoms with Crippen molar-refractivity contribution >= 4 is 22.7 Å². The van der Waals surface area contributed by atoms with Crippen LogP contribution in [0, 0.1) is 54.0 Å². The highest BCUT2D eigenvalue weighted by Gasteiger charge is 2.54. The van der Waals surface area contributed by atoms with Gasteiger partial charge in [-0.3, -0.25) is 19.4 Å². The van der Waals surface area contributed by atoms with Crippen molar-refractivity contribution in [3.05, 3.63) is 173 Å². The Morgan fingerprint density at radius 3 is 1.28 bits per heavy atom. The van der Waals surface area contributed by atoms with Crippen LogP contribution >= 0.6 is 0 Å². The van der Waals surface area contributed by atoms with E-state index in [1.807, 2.05) is 41.0 Å². The van der Waals surface area contributed by atoms with Gasteiger partial charge in [-0.05, 0) is 155 Å². The van der Waals surface area contributed by atoms with E-state index in [1.54, 1.807) is 54.2 Å². The monoisotopic (exact) mass is 1840 g/mol. The molecule has 1 aliphatic carbocycles. The molecule has 10 atom stereocenters. The number of aromatic hydroxyl groups is 4. The van der Waals surface area contributed by atoms with Crippen molar-refractivity contribution in [1.82, 2.24) is 30.2 Å². The number of carbonyl (C=O) groups is 1. The first-order valence-electron chi connectivity index (χ1n) is 46.0. The fourth-order valence-electron chi connectivity index (χ4n) is 20.7. The van der Waals surface area contributed by atoms with Gasteiger partial charge in [0.1, 0.15) is 41.7 Å². The largest absolute Gasteiger partial charge is 0.504 e. The lowest BCUT2D eigenvalue weighted by atomic mass is 9.79. The third-order valence-electron chi connectivity index (χ3n) is 28.5. The van der Waals surface area contributed by atoms with Crippen LogP contribution in [0.15, 0.2) is 60.7 Å². The van der Waals surface area contributed by atoms with Gasteiger partial charge in [0.25, 0.3) is 25.7 Å². The van der Waals surface area contributed by atoms with E-state index in [4.69, 9.17) is 93.0 Å². The Labute approximate surface area is 779 Å². The molecule has 0 aromatic heterocycles. The van der Waals surface area contributed by atoms with Crippen LogP contribution in [0.5, 0.6) is 69.0 Å². The number of phenols is 4. The van der Waals surface area contributed by atoms with Crippen LogP contribution in [0.1, 0.15) is 172 Å². The number of benzene rings is 6. The summed E-state index contributed by atoms with van der Waals surface area (Å²) in [6.45, 7) is 70.0. The zero-order chi connectivity index (χ0) is 95.6. The SMILES string of the molecule is C1CCNCC1.[C-]#[N+]CN1C(C([N+]#[C-])N2CCO[C@@H](CCO[Si](C)(C(C)C)C(C)C)C2)Cc2c(OC)c(C)c(OC)c(O)c2C1C(Cc1cc(O)c(OC)c(C)c1OC)NC(=O)OCC1c2ccccc2-c2ccccc21.[C-]#[N+]CN1C(C([N+]#[C-])N2CCO[C@@H](CCO[Si](C)(C(C)C)C(C)C)C2)Cc2c(OC)c(C)c(OC)c(O)c2C1C(N)Cc1cc(O)c(OC)c(C)c1OC. The predicted octanol–water partition coefficient (Wildman–Crippen LogP) is 16.8. The molecular weight excluding hydrogens is 1700 g/mol. The fourth-order valence-corrected chi connectivity index (χ4v) is 25.8. The summed E-state index contributed by atoms with van der Waals surface area (Å²) in [7, 11) is 8.16. The normalized spacial score (nSPS) is 19.8. The summed E-state index contributed by atoms with van der Waals surface area (Å²) in [6.07, 6.45) is 3.83. The Bertz CT molecular complexity index is 4990. The molecule has 714 valence electrons. The molecular formula is C100H143N11O18Si2. The molecule has 5 aliphatic heterocycles. The second-order valence-electron chi connectivity index (χ2n) is 36.7. The van der Waals surface area contributed by atoms with Crippen molar-refractivity contribution < 1.29 is 86.2 Å². The third-order valence-corrected chi connectivity index (χ3v) is 39.3. The van der Waals surface area contributed by atoms with Gasteiger partial charge in [0.2, 0.25) is 0 Å². The highest BCUT2D eigenvalue weighted by molar-refractivity contribution is 6.75. The molecule has 3 fully saturated rings. The number of nitrogens with zero attached hydrogens (tertiary/aromatic N) is 8. The van der Waals surface area contributed by atoms with Gasteiger partial charge in [-0.2, -0.15) is 0 Å². The van der Waals surface area contributed by atoms with Crippen LogP contribution in [0.25, 0.3) is 30.5 Å². The minimum atomic E-state index is -2.02. The maximum Gasteiger partial charge on any atom is 0.407 e. The van der Waals surface area contributed by atoms with Gasteiger partial charge < -0.3 is 97.8 Å². The average molecular weight is 1840 g/mol. The lowest BCUT2D eigenvalue weighted by molar-refractivity contribution is -0.0612. The van der Waals surface area contributed by atoms with Crippen molar-refractivity contribution in [3.63, 3.8) is 0 Å². The minimum absolute atomic E-state index is 0.00629. The van der Waals surface area contributed by atoms with Crippen LogP contribution < -0.4 is 54.3 Å². The molecule has 6 aromatic rings. The number of alkyl carbamates (subject to hydrolysis) is 1. The molecule has 29 nitrogen and oxygen atoms in total. The molecule has 6 aliphatic rings.